The number of rotatable bonds is 17. The third-order valence-corrected chi connectivity index (χ3v) is 5.20. The van der Waals surface area contributed by atoms with Crippen molar-refractivity contribution in [2.45, 2.75) is 110 Å². The second-order valence-corrected chi connectivity index (χ2v) is 8.47. The van der Waals surface area contributed by atoms with Gasteiger partial charge in [0.2, 0.25) is 0 Å². The number of unbranched alkanes of at least 4 members (excludes halogenated alkanes) is 15. The van der Waals surface area contributed by atoms with Gasteiger partial charge in [-0.15, -0.1) is 0 Å². The third kappa shape index (κ3) is 24.7. The molecule has 0 aromatic carbocycles. The lowest BCUT2D eigenvalue weighted by molar-refractivity contribution is 0.370. The lowest BCUT2D eigenvalue weighted by atomic mass is 10.0. The molecule has 138 valence electrons. The van der Waals surface area contributed by atoms with Crippen molar-refractivity contribution in [3.8, 4) is 0 Å². The predicted octanol–water partition coefficient (Wildman–Crippen LogP) is 6.04. The highest BCUT2D eigenvalue weighted by Crippen LogP contribution is 2.35. The van der Waals surface area contributed by atoms with Gasteiger partial charge in [-0.25, -0.2) is 0 Å². The van der Waals surface area contributed by atoms with Gasteiger partial charge >= 0.3 is 7.60 Å². The fourth-order valence-corrected chi connectivity index (χ4v) is 3.50. The maximum atomic E-state index is 10.7. The summed E-state index contributed by atoms with van der Waals surface area (Å²) in [5.74, 6) is 0. The zero-order valence-corrected chi connectivity index (χ0v) is 17.2. The molecule has 0 aliphatic carbocycles. The molecule has 5 heteroatoms. The molecular weight excluding hydrogens is 323 g/mol. The van der Waals surface area contributed by atoms with E-state index in [9.17, 15) is 4.57 Å². The Morgan fingerprint density at radius 2 is 0.826 bits per heavy atom. The second-order valence-electron chi connectivity index (χ2n) is 6.69. The van der Waals surface area contributed by atoms with Crippen molar-refractivity contribution in [3.63, 3.8) is 0 Å². The summed E-state index contributed by atoms with van der Waals surface area (Å²) >= 11 is 0. The van der Waals surface area contributed by atoms with Crippen LogP contribution in [-0.2, 0) is 4.57 Å². The summed E-state index contributed by atoms with van der Waals surface area (Å²) in [6, 6.07) is 0. The zero-order valence-electron chi connectivity index (χ0n) is 15.3. The van der Waals surface area contributed by atoms with Gasteiger partial charge in [-0.05, 0) is 6.42 Å². The minimum Gasteiger partial charge on any atom is -0.324 e. The quantitative estimate of drug-likeness (QED) is 0.188. The second kappa shape index (κ2) is 18.7. The van der Waals surface area contributed by atoms with Gasteiger partial charge in [0, 0.05) is 17.1 Å². The first-order chi connectivity index (χ1) is 10.6. The molecule has 0 amide bonds. The van der Waals surface area contributed by atoms with E-state index in [1.165, 1.54) is 83.5 Å². The normalized spacial score (nSPS) is 11.4. The predicted molar refractivity (Wildman–Crippen MR) is 102 cm³/mol. The molecule has 0 aromatic rings. The van der Waals surface area contributed by atoms with Crippen LogP contribution in [0.25, 0.3) is 0 Å². The first-order valence-corrected chi connectivity index (χ1v) is 11.4. The first kappa shape index (κ1) is 25.6. The maximum Gasteiger partial charge on any atom is 0.325 e. The SMILES string of the molecule is CCCCCCCCCCCCCCCCCCP(=O)(O)O.[Si]. The van der Waals surface area contributed by atoms with Gasteiger partial charge in [0.05, 0.1) is 0 Å². The molecule has 23 heavy (non-hydrogen) atoms. The van der Waals surface area contributed by atoms with Crippen molar-refractivity contribution in [3.05, 3.63) is 0 Å². The summed E-state index contributed by atoms with van der Waals surface area (Å²) in [6.07, 6.45) is 20.6. The van der Waals surface area contributed by atoms with Crippen LogP contribution in [0.5, 0.6) is 0 Å². The molecule has 0 aliphatic heterocycles. The molecule has 0 fully saturated rings. The monoisotopic (exact) mass is 362 g/mol. The van der Waals surface area contributed by atoms with Crippen molar-refractivity contribution >= 4 is 18.6 Å². The van der Waals surface area contributed by atoms with E-state index in [0.717, 1.165) is 12.8 Å². The van der Waals surface area contributed by atoms with Crippen LogP contribution in [0.15, 0.2) is 0 Å². The Morgan fingerprint density at radius 3 is 1.09 bits per heavy atom. The van der Waals surface area contributed by atoms with Crippen molar-refractivity contribution in [1.82, 2.24) is 0 Å². The third-order valence-electron chi connectivity index (χ3n) is 4.30. The van der Waals surface area contributed by atoms with E-state index >= 15 is 0 Å². The van der Waals surface area contributed by atoms with Crippen LogP contribution in [0.3, 0.4) is 0 Å². The Labute approximate surface area is 149 Å². The van der Waals surface area contributed by atoms with Gasteiger partial charge in [-0.3, -0.25) is 4.57 Å². The summed E-state index contributed by atoms with van der Waals surface area (Å²) in [5.41, 5.74) is 0. The Morgan fingerprint density at radius 1 is 0.565 bits per heavy atom. The molecule has 0 unspecified atom stereocenters. The van der Waals surface area contributed by atoms with Gasteiger partial charge in [0.25, 0.3) is 0 Å². The Bertz CT molecular complexity index is 269. The fraction of sp³-hybridized carbons (Fsp3) is 1.00. The van der Waals surface area contributed by atoms with E-state index in [1.807, 2.05) is 0 Å². The van der Waals surface area contributed by atoms with E-state index in [4.69, 9.17) is 9.79 Å². The van der Waals surface area contributed by atoms with Crippen molar-refractivity contribution < 1.29 is 14.4 Å². The minimum atomic E-state index is -3.75. The molecule has 4 radical (unpaired) electrons. The van der Waals surface area contributed by atoms with E-state index < -0.39 is 7.60 Å². The number of hydrogen-bond donors (Lipinski definition) is 2. The standard InChI is InChI=1S/C18H39O3P.Si/c1-2-3-4-5-6-7-8-9-10-11-12-13-14-15-16-17-18-22(19,20)21;/h2-18H2,1H3,(H2,19,20,21);. The number of hydrogen-bond acceptors (Lipinski definition) is 1. The molecule has 0 saturated carbocycles. The molecular formula is C18H39O3PSi. The van der Waals surface area contributed by atoms with Crippen LogP contribution in [-0.4, -0.2) is 26.9 Å². The fourth-order valence-electron chi connectivity index (χ4n) is 2.87. The summed E-state index contributed by atoms with van der Waals surface area (Å²) in [6.45, 7) is 2.27. The van der Waals surface area contributed by atoms with Crippen molar-refractivity contribution in [1.29, 1.82) is 0 Å². The zero-order chi connectivity index (χ0) is 16.5. The molecule has 2 N–H and O–H groups in total. The summed E-state index contributed by atoms with van der Waals surface area (Å²) in [4.78, 5) is 17.5. The molecule has 3 nitrogen and oxygen atoms in total. The first-order valence-electron chi connectivity index (χ1n) is 9.61. The smallest absolute Gasteiger partial charge is 0.324 e. The van der Waals surface area contributed by atoms with Gasteiger partial charge in [-0.2, -0.15) is 0 Å². The van der Waals surface area contributed by atoms with Gasteiger partial charge in [-0.1, -0.05) is 103 Å². The highest BCUT2D eigenvalue weighted by Gasteiger charge is 2.10. The average molecular weight is 363 g/mol. The lowest BCUT2D eigenvalue weighted by Crippen LogP contribution is -1.88. The van der Waals surface area contributed by atoms with E-state index in [-0.39, 0.29) is 17.1 Å². The lowest BCUT2D eigenvalue weighted by Gasteiger charge is -2.04. The van der Waals surface area contributed by atoms with Crippen LogP contribution in [0, 0.1) is 0 Å². The van der Waals surface area contributed by atoms with Gasteiger partial charge in [0.1, 0.15) is 0 Å². The van der Waals surface area contributed by atoms with Crippen molar-refractivity contribution in [2.75, 3.05) is 6.16 Å². The molecule has 0 bridgehead atoms. The van der Waals surface area contributed by atoms with Gasteiger partial charge < -0.3 is 9.79 Å². The van der Waals surface area contributed by atoms with Crippen LogP contribution in [0.2, 0.25) is 0 Å². The van der Waals surface area contributed by atoms with Crippen molar-refractivity contribution in [2.24, 2.45) is 0 Å². The highest BCUT2D eigenvalue weighted by atomic mass is 31.2. The Kier molecular flexibility index (Phi) is 20.8. The van der Waals surface area contributed by atoms with E-state index in [1.54, 1.807) is 0 Å². The van der Waals surface area contributed by atoms with E-state index in [0.29, 0.717) is 6.42 Å². The minimum absolute atomic E-state index is 0. The van der Waals surface area contributed by atoms with Crippen LogP contribution in [0.4, 0.5) is 0 Å². The molecule has 0 aromatic heterocycles. The summed E-state index contributed by atoms with van der Waals surface area (Å²) < 4.78 is 10.7. The summed E-state index contributed by atoms with van der Waals surface area (Å²) in [7, 11) is -3.75. The summed E-state index contributed by atoms with van der Waals surface area (Å²) in [5, 5.41) is 0. The molecule has 0 saturated heterocycles. The molecule has 0 heterocycles. The van der Waals surface area contributed by atoms with Crippen LogP contribution >= 0.6 is 7.60 Å². The van der Waals surface area contributed by atoms with Crippen LogP contribution in [0.1, 0.15) is 110 Å². The Hall–Kier alpha value is 0.367. The van der Waals surface area contributed by atoms with Gasteiger partial charge in [0.15, 0.2) is 0 Å². The topological polar surface area (TPSA) is 57.5 Å². The molecule has 0 atom stereocenters. The van der Waals surface area contributed by atoms with E-state index in [2.05, 4.69) is 6.92 Å². The Balaban J connectivity index is 0. The maximum absolute atomic E-state index is 10.7. The largest absolute Gasteiger partial charge is 0.325 e. The highest BCUT2D eigenvalue weighted by molar-refractivity contribution is 7.51. The molecule has 0 aliphatic rings. The van der Waals surface area contributed by atoms with Crippen LogP contribution < -0.4 is 0 Å². The molecule has 0 rings (SSSR count). The average Bonchev–Trinajstić information content (AvgIpc) is 2.45. The molecule has 0 spiro atoms.